The monoisotopic (exact) mass is 791 g/mol. The molecule has 1 aromatic heterocycles. The lowest BCUT2D eigenvalue weighted by Crippen LogP contribution is -2.44. The Morgan fingerprint density at radius 1 is 0.410 bits per heavy atom. The molecule has 0 amide bonds. The number of fused-ring (bicyclic) bond motifs is 19. The first kappa shape index (κ1) is 34.6. The lowest BCUT2D eigenvalue weighted by molar-refractivity contribution is 0.626. The summed E-state index contributed by atoms with van der Waals surface area (Å²) in [7, 11) is 0. The Morgan fingerprint density at radius 2 is 0.934 bits per heavy atom. The molecular formula is C59H37NS. The fourth-order valence-electron chi connectivity index (χ4n) is 11.6. The highest BCUT2D eigenvalue weighted by atomic mass is 32.2. The number of para-hydroxylation sites is 1. The summed E-state index contributed by atoms with van der Waals surface area (Å²) in [6.07, 6.45) is 8.29. The second kappa shape index (κ2) is 12.9. The molecule has 0 bridgehead atoms. The van der Waals surface area contributed by atoms with Gasteiger partial charge in [0.05, 0.1) is 16.3 Å². The van der Waals surface area contributed by atoms with Crippen LogP contribution >= 0.6 is 11.8 Å². The van der Waals surface area contributed by atoms with Gasteiger partial charge in [0, 0.05) is 22.0 Å². The van der Waals surface area contributed by atoms with Crippen LogP contribution in [0, 0.1) is 0 Å². The van der Waals surface area contributed by atoms with Crippen molar-refractivity contribution >= 4 is 28.2 Å². The van der Waals surface area contributed by atoms with Gasteiger partial charge in [0.25, 0.3) is 0 Å². The van der Waals surface area contributed by atoms with Gasteiger partial charge in [0.1, 0.15) is 0 Å². The number of hydrogen-bond acceptors (Lipinski definition) is 2. The molecule has 0 saturated carbocycles. The van der Waals surface area contributed by atoms with Crippen LogP contribution in [0.1, 0.15) is 50.1 Å². The average molecular weight is 792 g/mol. The topological polar surface area (TPSA) is 12.9 Å². The molecule has 13 rings (SSSR count). The van der Waals surface area contributed by atoms with E-state index in [1.165, 1.54) is 88.3 Å². The number of hydrogen-bond donors (Lipinski definition) is 0. The molecule has 0 saturated heterocycles. The summed E-state index contributed by atoms with van der Waals surface area (Å²) in [5, 5.41) is 3.39. The lowest BCUT2D eigenvalue weighted by Gasteiger charge is -2.49. The van der Waals surface area contributed by atoms with Crippen molar-refractivity contribution < 1.29 is 0 Å². The number of benzene rings is 8. The summed E-state index contributed by atoms with van der Waals surface area (Å²) in [4.78, 5) is 6.04. The van der Waals surface area contributed by atoms with Crippen LogP contribution in [0.5, 0.6) is 0 Å². The van der Waals surface area contributed by atoms with Crippen molar-refractivity contribution in [1.82, 2.24) is 4.98 Å². The van der Waals surface area contributed by atoms with Gasteiger partial charge in [-0.2, -0.15) is 0 Å². The van der Waals surface area contributed by atoms with Crippen molar-refractivity contribution in [2.24, 2.45) is 0 Å². The molecule has 2 spiro atoms. The molecule has 0 N–H and O–H groups in total. The molecule has 2 heteroatoms. The van der Waals surface area contributed by atoms with Crippen LogP contribution in [0.25, 0.3) is 61.0 Å². The van der Waals surface area contributed by atoms with E-state index >= 15 is 0 Å². The number of allylic oxidation sites excluding steroid dienone is 4. The van der Waals surface area contributed by atoms with Crippen LogP contribution in [0.2, 0.25) is 0 Å². The Balaban J connectivity index is 1.14. The molecule has 284 valence electrons. The van der Waals surface area contributed by atoms with Gasteiger partial charge >= 0.3 is 0 Å². The third-order valence-electron chi connectivity index (χ3n) is 13.9. The molecule has 9 aromatic rings. The fraction of sp³-hybridized carbons (Fsp3) is 0.0339. The minimum atomic E-state index is -0.629. The largest absolute Gasteiger partial charge is 0.256 e. The summed E-state index contributed by atoms with van der Waals surface area (Å²) in [5.74, 6) is 0. The predicted octanol–water partition coefficient (Wildman–Crippen LogP) is 14.8. The van der Waals surface area contributed by atoms with E-state index in [1.54, 1.807) is 0 Å². The van der Waals surface area contributed by atoms with E-state index in [4.69, 9.17) is 4.98 Å². The van der Waals surface area contributed by atoms with Gasteiger partial charge in [-0.25, -0.2) is 0 Å². The minimum Gasteiger partial charge on any atom is -0.256 e. The Kier molecular flexibility index (Phi) is 7.30. The average Bonchev–Trinajstić information content (AvgIpc) is 3.79. The van der Waals surface area contributed by atoms with E-state index in [0.29, 0.717) is 0 Å². The van der Waals surface area contributed by atoms with Crippen LogP contribution in [0.4, 0.5) is 0 Å². The molecular weight excluding hydrogens is 755 g/mol. The predicted molar refractivity (Wildman–Crippen MR) is 254 cm³/mol. The molecule has 3 aliphatic carbocycles. The van der Waals surface area contributed by atoms with Gasteiger partial charge in [0.2, 0.25) is 0 Å². The standard InChI is InChI=1S/C59H37NS/c1-37-15-10-11-36-61-57-41(37)33-34-46-54-42(38-29-31-39(32-30-38)43-21-12-16-40-17-14-35-60-56(40)43)20-13-28-53(54)59(55(46)57)51-26-8-6-24-49(51)58(50-25-7-9-27-52(50)59)47-22-4-2-18-44(47)45-19-3-5-23-48(45)58/h2-36H,1H2/b15-10-,36-11-. The first-order chi connectivity index (χ1) is 30.2. The van der Waals surface area contributed by atoms with E-state index in [9.17, 15) is 0 Å². The van der Waals surface area contributed by atoms with Crippen molar-refractivity contribution in [1.29, 1.82) is 0 Å². The Labute approximate surface area is 360 Å². The summed E-state index contributed by atoms with van der Waals surface area (Å²) in [5.41, 5.74) is 22.7. The summed E-state index contributed by atoms with van der Waals surface area (Å²) in [6, 6.07) is 68.5. The number of rotatable bonds is 2. The number of thioether (sulfide) groups is 1. The van der Waals surface area contributed by atoms with Gasteiger partial charge in [-0.1, -0.05) is 212 Å². The Bertz CT molecular complexity index is 3320. The normalized spacial score (nSPS) is 16.4. The Hall–Kier alpha value is -7.26. The minimum absolute atomic E-state index is 0.499. The highest BCUT2D eigenvalue weighted by Crippen LogP contribution is 2.69. The third-order valence-corrected chi connectivity index (χ3v) is 14.8. The number of pyridine rings is 1. The van der Waals surface area contributed by atoms with Gasteiger partial charge in [-0.15, -0.1) is 0 Å². The van der Waals surface area contributed by atoms with Crippen LogP contribution in [0.3, 0.4) is 0 Å². The Morgan fingerprint density at radius 3 is 1.62 bits per heavy atom. The number of aromatic nitrogens is 1. The molecule has 0 fully saturated rings. The van der Waals surface area contributed by atoms with Crippen molar-refractivity contribution in [2.75, 3.05) is 0 Å². The zero-order chi connectivity index (χ0) is 40.3. The van der Waals surface area contributed by atoms with Crippen LogP contribution < -0.4 is 0 Å². The molecule has 0 atom stereocenters. The molecule has 0 unspecified atom stereocenters. The van der Waals surface area contributed by atoms with Crippen molar-refractivity contribution in [3.63, 3.8) is 0 Å². The van der Waals surface area contributed by atoms with Gasteiger partial charge in [-0.3, -0.25) is 4.98 Å². The van der Waals surface area contributed by atoms with Crippen LogP contribution in [0.15, 0.2) is 223 Å². The summed E-state index contributed by atoms with van der Waals surface area (Å²) >= 11 is 1.82. The molecule has 61 heavy (non-hydrogen) atoms. The quantitative estimate of drug-likeness (QED) is 0.173. The second-order valence-electron chi connectivity index (χ2n) is 16.6. The van der Waals surface area contributed by atoms with Crippen molar-refractivity contribution in [3.05, 3.63) is 268 Å². The molecule has 8 aromatic carbocycles. The van der Waals surface area contributed by atoms with Crippen molar-refractivity contribution in [3.8, 4) is 44.5 Å². The zero-order valence-electron chi connectivity index (χ0n) is 33.3. The summed E-state index contributed by atoms with van der Waals surface area (Å²) in [6.45, 7) is 4.64. The highest BCUT2D eigenvalue weighted by molar-refractivity contribution is 8.02. The first-order valence-corrected chi connectivity index (χ1v) is 21.9. The first-order valence-electron chi connectivity index (χ1n) is 21.0. The van der Waals surface area contributed by atoms with E-state index < -0.39 is 10.8 Å². The lowest BCUT2D eigenvalue weighted by atomic mass is 9.52. The highest BCUT2D eigenvalue weighted by Gasteiger charge is 2.59. The van der Waals surface area contributed by atoms with Gasteiger partial charge in [0.15, 0.2) is 0 Å². The van der Waals surface area contributed by atoms with E-state index in [2.05, 4.69) is 206 Å². The second-order valence-corrected chi connectivity index (χ2v) is 17.5. The van der Waals surface area contributed by atoms with Gasteiger partial charge in [-0.05, 0) is 106 Å². The maximum absolute atomic E-state index is 4.78. The zero-order valence-corrected chi connectivity index (χ0v) is 34.1. The van der Waals surface area contributed by atoms with E-state index in [1.807, 2.05) is 24.0 Å². The maximum atomic E-state index is 4.78. The van der Waals surface area contributed by atoms with Crippen molar-refractivity contribution in [2.45, 2.75) is 15.7 Å². The molecule has 1 nitrogen and oxygen atoms in total. The molecule has 1 aliphatic heterocycles. The number of nitrogens with zero attached hydrogens (tertiary/aromatic N) is 1. The smallest absolute Gasteiger partial charge is 0.0780 e. The molecule has 2 heterocycles. The van der Waals surface area contributed by atoms with Gasteiger partial charge < -0.3 is 0 Å². The third kappa shape index (κ3) is 4.45. The maximum Gasteiger partial charge on any atom is 0.0780 e. The van der Waals surface area contributed by atoms with E-state index in [0.717, 1.165) is 27.6 Å². The van der Waals surface area contributed by atoms with E-state index in [-0.39, 0.29) is 0 Å². The molecule has 0 radical (unpaired) electrons. The molecule has 4 aliphatic rings. The van der Waals surface area contributed by atoms with Crippen LogP contribution in [-0.2, 0) is 10.8 Å². The van der Waals surface area contributed by atoms with Crippen LogP contribution in [-0.4, -0.2) is 4.98 Å². The summed E-state index contributed by atoms with van der Waals surface area (Å²) < 4.78 is 0. The fourth-order valence-corrected chi connectivity index (χ4v) is 12.6. The SMILES string of the molecule is C=C1/C=C\C=C/Sc2c1ccc1c2C2(c3ccccc3C3(c4ccccc4-c4ccccc43)c3ccccc32)c2cccc(-c3ccc(-c4cccc5cccnc45)cc3)c2-1.